The molecule has 0 fully saturated rings. The van der Waals surface area contributed by atoms with Gasteiger partial charge in [-0.25, -0.2) is 4.98 Å². The number of aromatic hydroxyl groups is 1. The van der Waals surface area contributed by atoms with Crippen molar-refractivity contribution in [2.24, 2.45) is 0 Å². The molecule has 0 unspecified atom stereocenters. The van der Waals surface area contributed by atoms with Gasteiger partial charge in [-0.2, -0.15) is 0 Å². The van der Waals surface area contributed by atoms with Crippen LogP contribution in [0.1, 0.15) is 27.0 Å². The van der Waals surface area contributed by atoms with Gasteiger partial charge in [0.1, 0.15) is 11.3 Å². The van der Waals surface area contributed by atoms with Crippen LogP contribution in [0.25, 0.3) is 22.6 Å². The zero-order chi connectivity index (χ0) is 22.1. The van der Waals surface area contributed by atoms with Crippen molar-refractivity contribution < 1.29 is 14.3 Å². The van der Waals surface area contributed by atoms with Gasteiger partial charge >= 0.3 is 0 Å². The first kappa shape index (κ1) is 20.6. The zero-order valence-corrected chi connectivity index (χ0v) is 18.1. The number of phenols is 1. The molecule has 0 radical (unpaired) electrons. The highest BCUT2D eigenvalue weighted by Gasteiger charge is 2.15. The van der Waals surface area contributed by atoms with E-state index in [1.807, 2.05) is 45.0 Å². The number of hydrogen-bond acceptors (Lipinski definition) is 5. The normalized spacial score (nSPS) is 10.8. The lowest BCUT2D eigenvalue weighted by atomic mass is 10.1. The molecule has 0 aliphatic heterocycles. The Kier molecular flexibility index (Phi) is 5.44. The number of fused-ring (bicyclic) bond motifs is 1. The Hall–Kier alpha value is -3.71. The highest BCUT2D eigenvalue weighted by atomic mass is 32.1. The van der Waals surface area contributed by atoms with Crippen molar-refractivity contribution in [3.63, 3.8) is 0 Å². The molecule has 0 saturated heterocycles. The maximum Gasteiger partial charge on any atom is 0.257 e. The molecule has 1 aromatic heterocycles. The topological polar surface area (TPSA) is 87.4 Å². The first-order valence-corrected chi connectivity index (χ1v) is 10.1. The summed E-state index contributed by atoms with van der Waals surface area (Å²) in [5, 5.41) is 16.1. The first-order valence-electron chi connectivity index (χ1n) is 9.70. The molecule has 31 heavy (non-hydrogen) atoms. The van der Waals surface area contributed by atoms with E-state index in [2.05, 4.69) is 15.6 Å². The minimum absolute atomic E-state index is 0.0269. The van der Waals surface area contributed by atoms with Gasteiger partial charge in [0.25, 0.3) is 5.91 Å². The number of rotatable bonds is 3. The van der Waals surface area contributed by atoms with Crippen LogP contribution in [-0.4, -0.2) is 21.1 Å². The lowest BCUT2D eigenvalue weighted by molar-refractivity contribution is 0.0977. The van der Waals surface area contributed by atoms with Gasteiger partial charge in [-0.05, 0) is 81.0 Å². The van der Waals surface area contributed by atoms with E-state index in [0.717, 1.165) is 16.7 Å². The predicted molar refractivity (Wildman–Crippen MR) is 125 cm³/mol. The van der Waals surface area contributed by atoms with Crippen LogP contribution in [0.5, 0.6) is 5.75 Å². The van der Waals surface area contributed by atoms with Crippen molar-refractivity contribution in [3.8, 4) is 17.2 Å². The molecule has 1 amide bonds. The van der Waals surface area contributed by atoms with Gasteiger partial charge in [0, 0.05) is 11.3 Å². The number of benzene rings is 3. The Labute approximate surface area is 184 Å². The lowest BCUT2D eigenvalue weighted by Gasteiger charge is -2.11. The van der Waals surface area contributed by atoms with Crippen molar-refractivity contribution in [3.05, 3.63) is 76.9 Å². The maximum absolute atomic E-state index is 12.5. The summed E-state index contributed by atoms with van der Waals surface area (Å²) in [6.07, 6.45) is 0. The van der Waals surface area contributed by atoms with Crippen LogP contribution in [0.2, 0.25) is 0 Å². The van der Waals surface area contributed by atoms with E-state index in [0.29, 0.717) is 33.8 Å². The summed E-state index contributed by atoms with van der Waals surface area (Å²) in [7, 11) is 0. The minimum Gasteiger partial charge on any atom is -0.507 e. The molecule has 6 nitrogen and oxygen atoms in total. The highest BCUT2D eigenvalue weighted by molar-refractivity contribution is 7.80. The van der Waals surface area contributed by atoms with Gasteiger partial charge < -0.3 is 14.8 Å². The van der Waals surface area contributed by atoms with Gasteiger partial charge in [-0.3, -0.25) is 10.1 Å². The largest absolute Gasteiger partial charge is 0.507 e. The number of carbonyl (C=O) groups excluding carboxylic acids is 1. The molecular weight excluding hydrogens is 410 g/mol. The van der Waals surface area contributed by atoms with Gasteiger partial charge in [0.2, 0.25) is 5.89 Å². The Morgan fingerprint density at radius 1 is 0.968 bits per heavy atom. The Balaban J connectivity index is 1.53. The summed E-state index contributed by atoms with van der Waals surface area (Å²) in [6.45, 7) is 5.84. The van der Waals surface area contributed by atoms with Crippen LogP contribution >= 0.6 is 12.2 Å². The third-order valence-electron chi connectivity index (χ3n) is 4.74. The number of aryl methyl sites for hydroxylation is 3. The van der Waals surface area contributed by atoms with Crippen LogP contribution in [0.3, 0.4) is 0 Å². The molecule has 0 aliphatic rings. The van der Waals surface area contributed by atoms with Crippen LogP contribution in [-0.2, 0) is 0 Å². The zero-order valence-electron chi connectivity index (χ0n) is 17.3. The summed E-state index contributed by atoms with van der Waals surface area (Å²) < 4.78 is 5.82. The second-order valence-electron chi connectivity index (χ2n) is 7.51. The number of amides is 1. The molecule has 0 aliphatic carbocycles. The maximum atomic E-state index is 12.5. The summed E-state index contributed by atoms with van der Waals surface area (Å²) in [5.74, 6) is 0.0311. The number of thiocarbonyl (C=S) groups is 1. The van der Waals surface area contributed by atoms with E-state index in [1.54, 1.807) is 24.3 Å². The smallest absolute Gasteiger partial charge is 0.257 e. The fourth-order valence-electron chi connectivity index (χ4n) is 3.38. The number of hydrogen-bond donors (Lipinski definition) is 3. The van der Waals surface area contributed by atoms with E-state index < -0.39 is 0 Å². The Bertz CT molecular complexity index is 1310. The average molecular weight is 432 g/mol. The lowest BCUT2D eigenvalue weighted by Crippen LogP contribution is -2.34. The van der Waals surface area contributed by atoms with E-state index >= 15 is 0 Å². The van der Waals surface area contributed by atoms with Crippen molar-refractivity contribution >= 4 is 40.0 Å². The standard InChI is InChI=1S/C24H21N3O3S/c1-13-4-6-19-21(11-13)30-23(26-19)18-12-17(5-7-20(18)28)25-24(31)27-22(29)16-9-14(2)8-15(3)10-16/h4-12,28H,1-3H3,(H2,25,27,29,31). The number of carbonyl (C=O) groups is 1. The fourth-order valence-corrected chi connectivity index (χ4v) is 3.59. The van der Waals surface area contributed by atoms with Crippen molar-refractivity contribution in [2.75, 3.05) is 5.32 Å². The number of aromatic nitrogens is 1. The second-order valence-corrected chi connectivity index (χ2v) is 7.92. The summed E-state index contributed by atoms with van der Waals surface area (Å²) in [5.41, 5.74) is 5.94. The molecule has 156 valence electrons. The molecule has 0 bridgehead atoms. The number of oxazole rings is 1. The SMILES string of the molecule is Cc1cc(C)cc(C(=O)NC(=S)Nc2ccc(O)c(-c3nc4ccc(C)cc4o3)c2)c1. The fraction of sp³-hybridized carbons (Fsp3) is 0.125. The Morgan fingerprint density at radius 2 is 1.71 bits per heavy atom. The van der Waals surface area contributed by atoms with Gasteiger partial charge in [0.15, 0.2) is 10.7 Å². The molecule has 4 aromatic rings. The van der Waals surface area contributed by atoms with Crippen LogP contribution < -0.4 is 10.6 Å². The summed E-state index contributed by atoms with van der Waals surface area (Å²) in [4.78, 5) is 17.0. The van der Waals surface area contributed by atoms with Crippen LogP contribution in [0.4, 0.5) is 5.69 Å². The molecule has 3 N–H and O–H groups in total. The van der Waals surface area contributed by atoms with Gasteiger partial charge in [0.05, 0.1) is 5.56 Å². The number of nitrogens with one attached hydrogen (secondary N) is 2. The van der Waals surface area contributed by atoms with E-state index in [-0.39, 0.29) is 16.8 Å². The minimum atomic E-state index is -0.294. The third-order valence-corrected chi connectivity index (χ3v) is 4.94. The molecule has 4 rings (SSSR count). The molecule has 0 saturated carbocycles. The molecular formula is C24H21N3O3S. The van der Waals surface area contributed by atoms with Gasteiger partial charge in [-0.1, -0.05) is 23.3 Å². The molecule has 3 aromatic carbocycles. The predicted octanol–water partition coefficient (Wildman–Crippen LogP) is 5.25. The monoisotopic (exact) mass is 431 g/mol. The van der Waals surface area contributed by atoms with Gasteiger partial charge in [-0.15, -0.1) is 0 Å². The number of anilines is 1. The summed E-state index contributed by atoms with van der Waals surface area (Å²) in [6, 6.07) is 16.2. The summed E-state index contributed by atoms with van der Waals surface area (Å²) >= 11 is 5.29. The van der Waals surface area contributed by atoms with Crippen molar-refractivity contribution in [2.45, 2.75) is 20.8 Å². The molecule has 0 spiro atoms. The average Bonchev–Trinajstić information content (AvgIpc) is 3.11. The molecule has 1 heterocycles. The van der Waals surface area contributed by atoms with Crippen molar-refractivity contribution in [1.29, 1.82) is 0 Å². The van der Waals surface area contributed by atoms with Crippen LogP contribution in [0, 0.1) is 20.8 Å². The van der Waals surface area contributed by atoms with E-state index in [4.69, 9.17) is 16.6 Å². The molecule has 7 heteroatoms. The number of nitrogens with zero attached hydrogens (tertiary/aromatic N) is 1. The Morgan fingerprint density at radius 3 is 2.45 bits per heavy atom. The van der Waals surface area contributed by atoms with Crippen LogP contribution in [0.15, 0.2) is 59.0 Å². The van der Waals surface area contributed by atoms with E-state index in [9.17, 15) is 9.90 Å². The molecule has 0 atom stereocenters. The first-order chi connectivity index (χ1) is 14.8. The highest BCUT2D eigenvalue weighted by Crippen LogP contribution is 2.33. The quantitative estimate of drug-likeness (QED) is 0.303. The third kappa shape index (κ3) is 4.57. The van der Waals surface area contributed by atoms with E-state index in [1.165, 1.54) is 6.07 Å². The number of phenolic OH excluding ortho intramolecular Hbond substituents is 1. The van der Waals surface area contributed by atoms with Crippen molar-refractivity contribution in [1.82, 2.24) is 10.3 Å². The second kappa shape index (κ2) is 8.20.